The summed E-state index contributed by atoms with van der Waals surface area (Å²) in [6, 6.07) is 0. The number of halogens is 3. The highest BCUT2D eigenvalue weighted by molar-refractivity contribution is 7.87. The van der Waals surface area contributed by atoms with Crippen LogP contribution in [0.4, 0.5) is 13.2 Å². The van der Waals surface area contributed by atoms with Gasteiger partial charge in [0, 0.05) is 6.42 Å². The average Bonchev–Trinajstić information content (AvgIpc) is 3.28. The molecule has 0 spiro atoms. The van der Waals surface area contributed by atoms with Crippen LogP contribution < -0.4 is 0 Å². The smallest absolute Gasteiger partial charge is 0.463 e. The van der Waals surface area contributed by atoms with Crippen molar-refractivity contribution >= 4 is 16.1 Å². The van der Waals surface area contributed by atoms with E-state index in [0.29, 0.717) is 19.3 Å². The third kappa shape index (κ3) is 15.9. The molecule has 0 radical (unpaired) electrons. The minimum atomic E-state index is -5.63. The first-order valence-electron chi connectivity index (χ1n) is 13.6. The number of carbonyl (C=O) groups excluding carboxylic acids is 1. The number of carbonyl (C=O) groups is 1. The van der Waals surface area contributed by atoms with Gasteiger partial charge in [-0.3, -0.25) is 8.98 Å². The van der Waals surface area contributed by atoms with Gasteiger partial charge in [-0.1, -0.05) is 76.9 Å². The van der Waals surface area contributed by atoms with Crippen molar-refractivity contribution in [3.8, 4) is 0 Å². The third-order valence-corrected chi connectivity index (χ3v) is 7.22. The molecule has 0 amide bonds. The Morgan fingerprint density at radius 3 is 1.89 bits per heavy atom. The number of rotatable bonds is 21. The van der Waals surface area contributed by atoms with E-state index in [4.69, 9.17) is 9.47 Å². The molecule has 0 aromatic carbocycles. The summed E-state index contributed by atoms with van der Waals surface area (Å²) in [4.78, 5) is 11.9. The molecule has 36 heavy (non-hydrogen) atoms. The molecule has 1 rings (SSSR count). The van der Waals surface area contributed by atoms with Gasteiger partial charge in [-0.2, -0.15) is 21.6 Å². The van der Waals surface area contributed by atoms with E-state index < -0.39 is 34.4 Å². The average molecular weight is 543 g/mol. The summed E-state index contributed by atoms with van der Waals surface area (Å²) in [5.41, 5.74) is -5.45. The van der Waals surface area contributed by atoms with Crippen molar-refractivity contribution in [3.05, 3.63) is 12.2 Å². The Labute approximate surface area is 215 Å². The second kappa shape index (κ2) is 19.0. The molecule has 0 saturated carbocycles. The lowest BCUT2D eigenvalue weighted by molar-refractivity contribution is -0.148. The van der Waals surface area contributed by atoms with E-state index in [0.717, 1.165) is 38.5 Å². The number of esters is 1. The van der Waals surface area contributed by atoms with Crippen molar-refractivity contribution in [2.24, 2.45) is 0 Å². The van der Waals surface area contributed by atoms with Gasteiger partial charge in [0.05, 0.1) is 18.8 Å². The number of hydrogen-bond donors (Lipinski definition) is 0. The Morgan fingerprint density at radius 1 is 0.833 bits per heavy atom. The molecule has 0 unspecified atom stereocenters. The first-order chi connectivity index (χ1) is 17.2. The van der Waals surface area contributed by atoms with E-state index in [-0.39, 0.29) is 12.6 Å². The first-order valence-corrected chi connectivity index (χ1v) is 15.0. The van der Waals surface area contributed by atoms with Crippen molar-refractivity contribution in [3.63, 3.8) is 0 Å². The molecule has 1 fully saturated rings. The zero-order valence-corrected chi connectivity index (χ0v) is 22.6. The molecular formula is C26H45F3O6S. The molecule has 0 aliphatic carbocycles. The van der Waals surface area contributed by atoms with Crippen LogP contribution in [0.2, 0.25) is 0 Å². The van der Waals surface area contributed by atoms with Gasteiger partial charge in [-0.25, -0.2) is 0 Å². The lowest BCUT2D eigenvalue weighted by Gasteiger charge is -2.15. The highest BCUT2D eigenvalue weighted by atomic mass is 32.2. The molecule has 1 saturated heterocycles. The fourth-order valence-electron chi connectivity index (χ4n) is 4.03. The number of alkyl halides is 3. The summed E-state index contributed by atoms with van der Waals surface area (Å²) in [6.45, 7) is 1.54. The maximum absolute atomic E-state index is 12.3. The van der Waals surface area contributed by atoms with Crippen LogP contribution in [0.3, 0.4) is 0 Å². The normalized spacial score (nSPS) is 18.8. The molecule has 1 heterocycles. The highest BCUT2D eigenvalue weighted by Gasteiger charge is 2.47. The van der Waals surface area contributed by atoms with Gasteiger partial charge in [-0.05, 0) is 44.9 Å². The monoisotopic (exact) mass is 542 g/mol. The molecular weight excluding hydrogens is 497 g/mol. The zero-order chi connectivity index (χ0) is 26.7. The third-order valence-electron chi connectivity index (χ3n) is 6.21. The Kier molecular flexibility index (Phi) is 17.4. The maximum atomic E-state index is 12.3. The molecule has 0 N–H and O–H groups in total. The van der Waals surface area contributed by atoms with Crippen LogP contribution in [0.5, 0.6) is 0 Å². The van der Waals surface area contributed by atoms with Crippen LogP contribution in [-0.2, 0) is 28.6 Å². The number of hydrogen-bond acceptors (Lipinski definition) is 6. The molecule has 10 heteroatoms. The summed E-state index contributed by atoms with van der Waals surface area (Å²) in [5, 5.41) is 0. The van der Waals surface area contributed by atoms with Gasteiger partial charge in [0.15, 0.2) is 0 Å². The van der Waals surface area contributed by atoms with Gasteiger partial charge >= 0.3 is 21.6 Å². The second-order valence-corrected chi connectivity index (χ2v) is 11.1. The summed E-state index contributed by atoms with van der Waals surface area (Å²) in [6.07, 6.45) is 21.2. The molecule has 1 aliphatic heterocycles. The van der Waals surface area contributed by atoms with Crippen molar-refractivity contribution < 1.29 is 40.0 Å². The SMILES string of the molecule is CCCCCCCCCC=CCCCCCCCC(=O)OC[C@@H]1CC[C@H](COS(=O)(=O)C(F)(F)F)O1. The van der Waals surface area contributed by atoms with Crippen LogP contribution in [0.15, 0.2) is 12.2 Å². The van der Waals surface area contributed by atoms with Crippen LogP contribution in [0, 0.1) is 0 Å². The summed E-state index contributed by atoms with van der Waals surface area (Å²) < 4.78 is 73.3. The van der Waals surface area contributed by atoms with Crippen LogP contribution in [0.1, 0.15) is 116 Å². The maximum Gasteiger partial charge on any atom is 0.523 e. The molecule has 0 aromatic rings. The summed E-state index contributed by atoms with van der Waals surface area (Å²) in [5.74, 6) is -0.328. The van der Waals surface area contributed by atoms with E-state index >= 15 is 0 Å². The van der Waals surface area contributed by atoms with Crippen molar-refractivity contribution in [1.82, 2.24) is 0 Å². The van der Waals surface area contributed by atoms with Crippen molar-refractivity contribution in [2.75, 3.05) is 13.2 Å². The van der Waals surface area contributed by atoms with Crippen LogP contribution in [0.25, 0.3) is 0 Å². The lowest BCUT2D eigenvalue weighted by Crippen LogP contribution is -2.29. The quantitative estimate of drug-likeness (QED) is 0.0495. The largest absolute Gasteiger partial charge is 0.523 e. The molecule has 2 atom stereocenters. The fraction of sp³-hybridized carbons (Fsp3) is 0.885. The summed E-state index contributed by atoms with van der Waals surface area (Å²) >= 11 is 0. The van der Waals surface area contributed by atoms with E-state index in [9.17, 15) is 26.4 Å². The molecule has 6 nitrogen and oxygen atoms in total. The Balaban J connectivity index is 1.93. The minimum Gasteiger partial charge on any atom is -0.463 e. The van der Waals surface area contributed by atoms with E-state index in [2.05, 4.69) is 23.3 Å². The van der Waals surface area contributed by atoms with Gasteiger partial charge in [0.2, 0.25) is 0 Å². The van der Waals surface area contributed by atoms with Crippen molar-refractivity contribution in [1.29, 1.82) is 0 Å². The van der Waals surface area contributed by atoms with E-state index in [1.807, 2.05) is 0 Å². The minimum absolute atomic E-state index is 0.00649. The Bertz CT molecular complexity index is 709. The first kappa shape index (κ1) is 32.9. The predicted octanol–water partition coefficient (Wildman–Crippen LogP) is 7.37. The predicted molar refractivity (Wildman–Crippen MR) is 134 cm³/mol. The van der Waals surface area contributed by atoms with Crippen LogP contribution >= 0.6 is 0 Å². The van der Waals surface area contributed by atoms with Crippen molar-refractivity contribution in [2.45, 2.75) is 134 Å². The van der Waals surface area contributed by atoms with Gasteiger partial charge in [0.1, 0.15) is 6.61 Å². The van der Waals surface area contributed by atoms with Gasteiger partial charge in [-0.15, -0.1) is 0 Å². The van der Waals surface area contributed by atoms with Gasteiger partial charge < -0.3 is 9.47 Å². The standard InChI is InChI=1S/C26H45F3O6S/c1-2-3-4-5-6-7-8-9-10-11-12-13-14-15-16-17-18-25(30)33-21-23-19-20-24(35-23)22-34-36(31,32)26(27,28)29/h10-11,23-24H,2-9,12-22H2,1H3/t23-,24+/m0/s1. The lowest BCUT2D eigenvalue weighted by atomic mass is 10.1. The van der Waals surface area contributed by atoms with Gasteiger partial charge in [0.25, 0.3) is 0 Å². The Hall–Kier alpha value is -1.13. The Morgan fingerprint density at radius 2 is 1.33 bits per heavy atom. The summed E-state index contributed by atoms with van der Waals surface area (Å²) in [7, 11) is -5.63. The second-order valence-electron chi connectivity index (χ2n) is 9.51. The molecule has 0 bridgehead atoms. The zero-order valence-electron chi connectivity index (χ0n) is 21.7. The number of unbranched alkanes of at least 4 members (excludes halogenated alkanes) is 12. The highest BCUT2D eigenvalue weighted by Crippen LogP contribution is 2.27. The number of allylic oxidation sites excluding steroid dienone is 2. The molecule has 1 aliphatic rings. The topological polar surface area (TPSA) is 78.9 Å². The fourth-order valence-corrected chi connectivity index (χ4v) is 4.50. The van der Waals surface area contributed by atoms with Crippen LogP contribution in [-0.4, -0.2) is 45.3 Å². The molecule has 212 valence electrons. The van der Waals surface area contributed by atoms with E-state index in [1.54, 1.807) is 0 Å². The number of ether oxygens (including phenoxy) is 2. The molecule has 0 aromatic heterocycles. The van der Waals surface area contributed by atoms with E-state index in [1.165, 1.54) is 51.4 Å².